The molecule has 0 atom stereocenters. The van der Waals surface area contributed by atoms with Gasteiger partial charge < -0.3 is 0 Å². The van der Waals surface area contributed by atoms with Gasteiger partial charge in [0.1, 0.15) is 5.82 Å². The van der Waals surface area contributed by atoms with Gasteiger partial charge in [-0.25, -0.2) is 9.07 Å². The molecular formula is C14H14FN3O. The zero-order valence-electron chi connectivity index (χ0n) is 10.5. The molecule has 0 N–H and O–H groups in total. The van der Waals surface area contributed by atoms with E-state index in [9.17, 15) is 9.18 Å². The van der Waals surface area contributed by atoms with E-state index in [0.717, 1.165) is 30.5 Å². The first kappa shape index (κ1) is 12.0. The van der Waals surface area contributed by atoms with Crippen LogP contribution in [0.25, 0.3) is 0 Å². The van der Waals surface area contributed by atoms with E-state index >= 15 is 0 Å². The quantitative estimate of drug-likeness (QED) is 0.778. The Morgan fingerprint density at radius 3 is 2.68 bits per heavy atom. The van der Waals surface area contributed by atoms with E-state index < -0.39 is 0 Å². The Balaban J connectivity index is 1.90. The summed E-state index contributed by atoms with van der Waals surface area (Å²) >= 11 is 0. The molecule has 0 aliphatic heterocycles. The van der Waals surface area contributed by atoms with E-state index in [4.69, 9.17) is 0 Å². The minimum Gasteiger partial charge on any atom is -0.292 e. The molecule has 0 fully saturated rings. The molecule has 0 saturated carbocycles. The Kier molecular flexibility index (Phi) is 3.11. The summed E-state index contributed by atoms with van der Waals surface area (Å²) in [6, 6.07) is 6.30. The fourth-order valence-electron chi connectivity index (χ4n) is 2.38. The maximum atomic E-state index is 12.9. The molecule has 1 aliphatic carbocycles. The molecule has 1 aromatic heterocycles. The molecule has 19 heavy (non-hydrogen) atoms. The maximum Gasteiger partial charge on any atom is 0.185 e. The number of ketones is 1. The Morgan fingerprint density at radius 1 is 1.16 bits per heavy atom. The van der Waals surface area contributed by atoms with E-state index in [-0.39, 0.29) is 11.6 Å². The lowest BCUT2D eigenvalue weighted by Gasteiger charge is -2.05. The zero-order valence-corrected chi connectivity index (χ0v) is 10.5. The van der Waals surface area contributed by atoms with Crippen LogP contribution in [0, 0.1) is 5.82 Å². The van der Waals surface area contributed by atoms with Crippen molar-refractivity contribution in [3.8, 4) is 0 Å². The van der Waals surface area contributed by atoms with Crippen molar-refractivity contribution in [3.63, 3.8) is 0 Å². The van der Waals surface area contributed by atoms with Crippen LogP contribution in [-0.2, 0) is 13.0 Å². The third kappa shape index (κ3) is 2.41. The highest BCUT2D eigenvalue weighted by molar-refractivity contribution is 5.95. The average Bonchev–Trinajstić information content (AvgIpc) is 2.71. The molecule has 0 radical (unpaired) electrons. The van der Waals surface area contributed by atoms with Crippen molar-refractivity contribution >= 4 is 5.78 Å². The summed E-state index contributed by atoms with van der Waals surface area (Å²) in [6.07, 6.45) is 3.28. The Bertz CT molecular complexity index is 604. The number of carbonyl (C=O) groups excluding carboxylic acids is 1. The Hall–Kier alpha value is -2.04. The van der Waals surface area contributed by atoms with E-state index in [1.165, 1.54) is 12.1 Å². The van der Waals surface area contributed by atoms with E-state index in [0.29, 0.717) is 18.7 Å². The van der Waals surface area contributed by atoms with Crippen molar-refractivity contribution in [2.45, 2.75) is 32.2 Å². The fraction of sp³-hybridized carbons (Fsp3) is 0.357. The van der Waals surface area contributed by atoms with Gasteiger partial charge in [-0.1, -0.05) is 17.3 Å². The molecule has 98 valence electrons. The predicted octanol–water partition coefficient (Wildman–Crippen LogP) is 2.37. The van der Waals surface area contributed by atoms with Crippen LogP contribution in [0.4, 0.5) is 4.39 Å². The van der Waals surface area contributed by atoms with Crippen LogP contribution in [-0.4, -0.2) is 20.8 Å². The van der Waals surface area contributed by atoms with Gasteiger partial charge in [-0.2, -0.15) is 0 Å². The molecule has 1 aliphatic rings. The van der Waals surface area contributed by atoms with Crippen molar-refractivity contribution in [2.24, 2.45) is 0 Å². The molecule has 0 spiro atoms. The number of halogens is 1. The van der Waals surface area contributed by atoms with Crippen molar-refractivity contribution in [2.75, 3.05) is 0 Å². The van der Waals surface area contributed by atoms with Crippen molar-refractivity contribution < 1.29 is 9.18 Å². The van der Waals surface area contributed by atoms with Gasteiger partial charge >= 0.3 is 0 Å². The largest absolute Gasteiger partial charge is 0.292 e. The van der Waals surface area contributed by atoms with Gasteiger partial charge in [0.05, 0.1) is 12.2 Å². The third-order valence-electron chi connectivity index (χ3n) is 3.41. The molecule has 0 amide bonds. The number of rotatable bonds is 2. The van der Waals surface area contributed by atoms with E-state index in [1.54, 1.807) is 16.8 Å². The second-order valence-electron chi connectivity index (χ2n) is 4.80. The van der Waals surface area contributed by atoms with Crippen LogP contribution < -0.4 is 0 Å². The summed E-state index contributed by atoms with van der Waals surface area (Å²) < 4.78 is 14.6. The summed E-state index contributed by atoms with van der Waals surface area (Å²) in [5.74, 6) is -0.172. The van der Waals surface area contributed by atoms with Crippen molar-refractivity contribution in [3.05, 3.63) is 47.0 Å². The van der Waals surface area contributed by atoms with Crippen LogP contribution in [0.1, 0.15) is 41.0 Å². The second-order valence-corrected chi connectivity index (χ2v) is 4.80. The summed E-state index contributed by atoms with van der Waals surface area (Å²) in [4.78, 5) is 11.9. The lowest BCUT2D eigenvalue weighted by molar-refractivity contribution is 0.0977. The Labute approximate surface area is 110 Å². The first-order chi connectivity index (χ1) is 9.24. The molecule has 5 heteroatoms. The number of nitrogens with zero attached hydrogens (tertiary/aromatic N) is 3. The van der Waals surface area contributed by atoms with Crippen LogP contribution in [0.15, 0.2) is 24.3 Å². The highest BCUT2D eigenvalue weighted by Crippen LogP contribution is 2.19. The lowest BCUT2D eigenvalue weighted by Crippen LogP contribution is -2.07. The number of hydrogen-bond donors (Lipinski definition) is 0. The second kappa shape index (κ2) is 4.91. The number of carbonyl (C=O) groups is 1. The smallest absolute Gasteiger partial charge is 0.185 e. The van der Waals surface area contributed by atoms with Crippen LogP contribution in [0.5, 0.6) is 0 Å². The maximum absolute atomic E-state index is 12.9. The first-order valence-corrected chi connectivity index (χ1v) is 6.44. The molecule has 0 bridgehead atoms. The minimum atomic E-state index is -0.253. The SMILES string of the molecule is O=C1CCCCc2c1nnn2Cc1ccc(F)cc1. The molecular weight excluding hydrogens is 245 g/mol. The van der Waals surface area contributed by atoms with Gasteiger partial charge in [-0.15, -0.1) is 5.10 Å². The highest BCUT2D eigenvalue weighted by Gasteiger charge is 2.21. The van der Waals surface area contributed by atoms with Crippen LogP contribution in [0.2, 0.25) is 0 Å². The monoisotopic (exact) mass is 259 g/mol. The van der Waals surface area contributed by atoms with Crippen molar-refractivity contribution in [1.29, 1.82) is 0 Å². The molecule has 4 nitrogen and oxygen atoms in total. The molecule has 0 unspecified atom stereocenters. The van der Waals surface area contributed by atoms with Gasteiger partial charge in [-0.05, 0) is 37.0 Å². The normalized spacial score (nSPS) is 15.1. The molecule has 1 heterocycles. The number of aromatic nitrogens is 3. The summed E-state index contributed by atoms with van der Waals surface area (Å²) in [5.41, 5.74) is 2.37. The minimum absolute atomic E-state index is 0.0813. The molecule has 2 aromatic rings. The number of fused-ring (bicyclic) bond motifs is 1. The van der Waals surface area contributed by atoms with Gasteiger partial charge in [0.15, 0.2) is 11.5 Å². The predicted molar refractivity (Wildman–Crippen MR) is 67.4 cm³/mol. The van der Waals surface area contributed by atoms with Gasteiger partial charge in [0.25, 0.3) is 0 Å². The van der Waals surface area contributed by atoms with Gasteiger partial charge in [-0.3, -0.25) is 4.79 Å². The van der Waals surface area contributed by atoms with Gasteiger partial charge in [0, 0.05) is 6.42 Å². The third-order valence-corrected chi connectivity index (χ3v) is 3.41. The zero-order chi connectivity index (χ0) is 13.2. The molecule has 3 rings (SSSR count). The molecule has 1 aromatic carbocycles. The van der Waals surface area contributed by atoms with E-state index in [2.05, 4.69) is 10.3 Å². The molecule has 0 saturated heterocycles. The fourth-order valence-corrected chi connectivity index (χ4v) is 2.38. The summed E-state index contributed by atoms with van der Waals surface area (Å²) in [6.45, 7) is 0.524. The van der Waals surface area contributed by atoms with E-state index in [1.807, 2.05) is 0 Å². The van der Waals surface area contributed by atoms with Crippen molar-refractivity contribution in [1.82, 2.24) is 15.0 Å². The first-order valence-electron chi connectivity index (χ1n) is 6.44. The number of benzene rings is 1. The topological polar surface area (TPSA) is 47.8 Å². The lowest BCUT2D eigenvalue weighted by atomic mass is 10.2. The Morgan fingerprint density at radius 2 is 1.89 bits per heavy atom. The standard InChI is InChI=1S/C14H14FN3O/c15-11-7-5-10(6-8-11)9-18-12-3-1-2-4-13(19)14(12)16-17-18/h5-8H,1-4,9H2. The van der Waals surface area contributed by atoms with Gasteiger partial charge in [0.2, 0.25) is 0 Å². The van der Waals surface area contributed by atoms with Crippen LogP contribution >= 0.6 is 0 Å². The number of hydrogen-bond acceptors (Lipinski definition) is 3. The average molecular weight is 259 g/mol. The number of Topliss-reactive ketones (excluding diaryl/α,β-unsaturated/α-hetero) is 1. The summed E-state index contributed by atoms with van der Waals surface area (Å²) in [7, 11) is 0. The van der Waals surface area contributed by atoms with Crippen LogP contribution in [0.3, 0.4) is 0 Å². The highest BCUT2D eigenvalue weighted by atomic mass is 19.1. The summed E-state index contributed by atoms with van der Waals surface area (Å²) in [5, 5.41) is 8.06.